The quantitative estimate of drug-likeness (QED) is 0.814. The molecule has 0 aromatic heterocycles. The van der Waals surface area contributed by atoms with Crippen LogP contribution in [0, 0.1) is 0 Å². The molecule has 0 heterocycles. The Labute approximate surface area is 133 Å². The molecule has 4 nitrogen and oxygen atoms in total. The number of methoxy groups -OCH3 is 1. The van der Waals surface area contributed by atoms with Gasteiger partial charge in [0.2, 0.25) is 0 Å². The molecule has 120 valence electrons. The van der Waals surface area contributed by atoms with Gasteiger partial charge in [-0.1, -0.05) is 23.8 Å². The summed E-state index contributed by atoms with van der Waals surface area (Å²) in [6.45, 7) is 1.32. The zero-order valence-corrected chi connectivity index (χ0v) is 13.6. The molecule has 2 rings (SSSR count). The van der Waals surface area contributed by atoms with Crippen molar-refractivity contribution in [1.29, 1.82) is 0 Å². The molecule has 22 heavy (non-hydrogen) atoms. The molecule has 1 N–H and O–H groups in total. The number of carbonyl (C=O) groups excluding carboxylic acids is 1. The number of hydrogen-bond acceptors (Lipinski definition) is 2. The van der Waals surface area contributed by atoms with Crippen LogP contribution < -0.4 is 10.1 Å². The lowest BCUT2D eigenvalue weighted by molar-refractivity contribution is 0.207. The molecule has 0 unspecified atom stereocenters. The summed E-state index contributed by atoms with van der Waals surface area (Å²) in [5, 5.41) is 2.99. The van der Waals surface area contributed by atoms with E-state index in [0.717, 1.165) is 24.3 Å². The van der Waals surface area contributed by atoms with Crippen molar-refractivity contribution >= 4 is 6.03 Å². The number of benzene rings is 1. The van der Waals surface area contributed by atoms with E-state index in [-0.39, 0.29) is 6.03 Å². The average molecular weight is 302 g/mol. The number of allylic oxidation sites excluding steroid dienone is 1. The molecule has 0 bridgehead atoms. The molecule has 0 saturated carbocycles. The topological polar surface area (TPSA) is 41.6 Å². The minimum absolute atomic E-state index is 0.0211. The van der Waals surface area contributed by atoms with Crippen LogP contribution in [0.4, 0.5) is 4.79 Å². The molecule has 1 aliphatic carbocycles. The fraction of sp³-hybridized carbons (Fsp3) is 0.500. The summed E-state index contributed by atoms with van der Waals surface area (Å²) in [4.78, 5) is 13.8. The lowest BCUT2D eigenvalue weighted by Gasteiger charge is -2.19. The van der Waals surface area contributed by atoms with Gasteiger partial charge in [0.15, 0.2) is 0 Å². The molecule has 1 aromatic carbocycles. The molecule has 2 amide bonds. The molecule has 0 radical (unpaired) electrons. The van der Waals surface area contributed by atoms with Gasteiger partial charge in [-0.3, -0.25) is 0 Å². The van der Waals surface area contributed by atoms with Gasteiger partial charge in [-0.05, 0) is 49.8 Å². The van der Waals surface area contributed by atoms with Gasteiger partial charge in [0.1, 0.15) is 5.75 Å². The first-order valence-corrected chi connectivity index (χ1v) is 7.99. The van der Waals surface area contributed by atoms with E-state index in [9.17, 15) is 4.79 Å². The fourth-order valence-corrected chi connectivity index (χ4v) is 2.67. The van der Waals surface area contributed by atoms with E-state index >= 15 is 0 Å². The van der Waals surface area contributed by atoms with Crippen LogP contribution in [0.15, 0.2) is 35.9 Å². The number of urea groups is 1. The first-order chi connectivity index (χ1) is 10.7. The van der Waals surface area contributed by atoms with Crippen molar-refractivity contribution in [2.75, 3.05) is 20.7 Å². The van der Waals surface area contributed by atoms with Crippen molar-refractivity contribution in [3.8, 4) is 5.75 Å². The highest BCUT2D eigenvalue weighted by molar-refractivity contribution is 5.73. The number of amides is 2. The minimum Gasteiger partial charge on any atom is -0.497 e. The third kappa shape index (κ3) is 5.10. The summed E-state index contributed by atoms with van der Waals surface area (Å²) >= 11 is 0. The first-order valence-electron chi connectivity index (χ1n) is 7.99. The molecule has 4 heteroatoms. The largest absolute Gasteiger partial charge is 0.497 e. The summed E-state index contributed by atoms with van der Waals surface area (Å²) in [5.74, 6) is 0.830. The van der Waals surface area contributed by atoms with Gasteiger partial charge in [0.05, 0.1) is 7.11 Å². The van der Waals surface area contributed by atoms with Crippen molar-refractivity contribution in [2.45, 2.75) is 38.6 Å². The van der Waals surface area contributed by atoms with Crippen LogP contribution in [0.5, 0.6) is 5.75 Å². The van der Waals surface area contributed by atoms with Crippen LogP contribution in [0.2, 0.25) is 0 Å². The van der Waals surface area contributed by atoms with E-state index in [1.54, 1.807) is 12.0 Å². The van der Waals surface area contributed by atoms with E-state index in [2.05, 4.69) is 11.4 Å². The predicted octanol–water partition coefficient (Wildman–Crippen LogP) is 3.73. The summed E-state index contributed by atoms with van der Waals surface area (Å²) in [5.41, 5.74) is 2.58. The number of hydrogen-bond donors (Lipinski definition) is 1. The standard InChI is InChI=1S/C18H26N2O2/c1-20(14-16-8-10-17(22-2)11-9-16)18(21)19-13-12-15-6-4-3-5-7-15/h6,8-11H,3-5,7,12-14H2,1-2H3,(H,19,21). The van der Waals surface area contributed by atoms with Crippen LogP contribution in [-0.2, 0) is 6.54 Å². The Balaban J connectivity index is 1.72. The molecule has 1 aliphatic rings. The van der Waals surface area contributed by atoms with Gasteiger partial charge in [0.25, 0.3) is 0 Å². The molecule has 0 atom stereocenters. The van der Waals surface area contributed by atoms with Gasteiger partial charge < -0.3 is 15.0 Å². The van der Waals surface area contributed by atoms with Crippen LogP contribution in [-0.4, -0.2) is 31.6 Å². The lowest BCUT2D eigenvalue weighted by Crippen LogP contribution is -2.37. The summed E-state index contributed by atoms with van der Waals surface area (Å²) in [6, 6.07) is 7.77. The summed E-state index contributed by atoms with van der Waals surface area (Å²) in [7, 11) is 3.47. The van der Waals surface area contributed by atoms with Crippen molar-refractivity contribution in [3.05, 3.63) is 41.5 Å². The highest BCUT2D eigenvalue weighted by Gasteiger charge is 2.09. The Hall–Kier alpha value is -1.97. The SMILES string of the molecule is COc1ccc(CN(C)C(=O)NCCC2=CCCCC2)cc1. The van der Waals surface area contributed by atoms with E-state index in [1.165, 1.54) is 31.3 Å². The zero-order valence-electron chi connectivity index (χ0n) is 13.6. The summed E-state index contributed by atoms with van der Waals surface area (Å²) in [6.07, 6.45) is 8.29. The van der Waals surface area contributed by atoms with Crippen molar-refractivity contribution in [2.24, 2.45) is 0 Å². The van der Waals surface area contributed by atoms with Crippen LogP contribution in [0.25, 0.3) is 0 Å². The fourth-order valence-electron chi connectivity index (χ4n) is 2.67. The highest BCUT2D eigenvalue weighted by Crippen LogP contribution is 2.19. The Morgan fingerprint density at radius 2 is 2.05 bits per heavy atom. The molecule has 1 aromatic rings. The number of carbonyl (C=O) groups is 1. The van der Waals surface area contributed by atoms with Gasteiger partial charge >= 0.3 is 6.03 Å². The number of rotatable bonds is 6. The van der Waals surface area contributed by atoms with E-state index < -0.39 is 0 Å². The Morgan fingerprint density at radius 1 is 1.27 bits per heavy atom. The van der Waals surface area contributed by atoms with Crippen LogP contribution >= 0.6 is 0 Å². The second-order valence-corrected chi connectivity index (χ2v) is 5.79. The number of nitrogens with one attached hydrogen (secondary N) is 1. The molecule has 0 aliphatic heterocycles. The lowest BCUT2D eigenvalue weighted by atomic mass is 9.97. The molecule has 0 saturated heterocycles. The molecule has 0 fully saturated rings. The van der Waals surface area contributed by atoms with Gasteiger partial charge in [-0.2, -0.15) is 0 Å². The van der Waals surface area contributed by atoms with Crippen molar-refractivity contribution in [1.82, 2.24) is 10.2 Å². The van der Waals surface area contributed by atoms with Gasteiger partial charge in [-0.15, -0.1) is 0 Å². The van der Waals surface area contributed by atoms with E-state index in [1.807, 2.05) is 31.3 Å². The average Bonchev–Trinajstić information content (AvgIpc) is 2.56. The third-order valence-electron chi connectivity index (χ3n) is 4.03. The second-order valence-electron chi connectivity index (χ2n) is 5.79. The Morgan fingerprint density at radius 3 is 2.68 bits per heavy atom. The van der Waals surface area contributed by atoms with Crippen molar-refractivity contribution < 1.29 is 9.53 Å². The smallest absolute Gasteiger partial charge is 0.317 e. The Bertz CT molecular complexity index is 508. The maximum Gasteiger partial charge on any atom is 0.317 e. The molecular weight excluding hydrogens is 276 g/mol. The van der Waals surface area contributed by atoms with Crippen LogP contribution in [0.3, 0.4) is 0 Å². The van der Waals surface area contributed by atoms with E-state index in [4.69, 9.17) is 4.74 Å². The van der Waals surface area contributed by atoms with Gasteiger partial charge in [-0.25, -0.2) is 4.79 Å². The monoisotopic (exact) mass is 302 g/mol. The summed E-state index contributed by atoms with van der Waals surface area (Å²) < 4.78 is 5.13. The second kappa shape index (κ2) is 8.47. The maximum atomic E-state index is 12.1. The van der Waals surface area contributed by atoms with Crippen LogP contribution in [0.1, 0.15) is 37.7 Å². The predicted molar refractivity (Wildman–Crippen MR) is 89.0 cm³/mol. The highest BCUT2D eigenvalue weighted by atomic mass is 16.5. The van der Waals surface area contributed by atoms with E-state index in [0.29, 0.717) is 6.54 Å². The Kier molecular flexibility index (Phi) is 6.31. The number of nitrogens with zero attached hydrogens (tertiary/aromatic N) is 1. The number of ether oxygens (including phenoxy) is 1. The normalized spacial score (nSPS) is 14.2. The third-order valence-corrected chi connectivity index (χ3v) is 4.03. The van der Waals surface area contributed by atoms with Gasteiger partial charge in [0, 0.05) is 20.1 Å². The molecular formula is C18H26N2O2. The van der Waals surface area contributed by atoms with Crippen molar-refractivity contribution in [3.63, 3.8) is 0 Å². The zero-order chi connectivity index (χ0) is 15.8. The first kappa shape index (κ1) is 16.4. The maximum absolute atomic E-state index is 12.1. The minimum atomic E-state index is -0.0211. The molecule has 0 spiro atoms.